The molecule has 1 unspecified atom stereocenters. The average Bonchev–Trinajstić information content (AvgIpc) is 2.42. The minimum atomic E-state index is 0.309. The number of hydrogen-bond donors (Lipinski definition) is 1. The van der Waals surface area contributed by atoms with E-state index in [2.05, 4.69) is 42.2 Å². The number of nitrogens with zero attached hydrogens (tertiary/aromatic N) is 1. The van der Waals surface area contributed by atoms with Crippen LogP contribution in [0.3, 0.4) is 0 Å². The SMILES string of the molecule is CC(CO)CN1CCC(Cc2ccccc2)CC1. The fourth-order valence-corrected chi connectivity index (χ4v) is 2.82. The molecule has 0 bridgehead atoms. The van der Waals surface area contributed by atoms with E-state index in [4.69, 9.17) is 5.11 Å². The Kier molecular flexibility index (Phi) is 5.21. The number of benzene rings is 1. The number of likely N-dealkylation sites (tertiary alicyclic amines) is 1. The molecule has 0 spiro atoms. The third kappa shape index (κ3) is 4.11. The highest BCUT2D eigenvalue weighted by Gasteiger charge is 2.20. The largest absolute Gasteiger partial charge is 0.396 e. The lowest BCUT2D eigenvalue weighted by molar-refractivity contribution is 0.135. The molecular weight excluding hydrogens is 222 g/mol. The van der Waals surface area contributed by atoms with Gasteiger partial charge in [0.2, 0.25) is 0 Å². The summed E-state index contributed by atoms with van der Waals surface area (Å²) in [6, 6.07) is 10.8. The van der Waals surface area contributed by atoms with Crippen LogP contribution in [-0.2, 0) is 6.42 Å². The highest BCUT2D eigenvalue weighted by Crippen LogP contribution is 2.22. The Morgan fingerprint density at radius 2 is 1.89 bits per heavy atom. The molecule has 0 radical (unpaired) electrons. The predicted molar refractivity (Wildman–Crippen MR) is 75.6 cm³/mol. The molecule has 1 fully saturated rings. The molecule has 1 atom stereocenters. The van der Waals surface area contributed by atoms with Crippen LogP contribution < -0.4 is 0 Å². The van der Waals surface area contributed by atoms with Crippen molar-refractivity contribution >= 4 is 0 Å². The van der Waals surface area contributed by atoms with Gasteiger partial charge in [0, 0.05) is 13.2 Å². The summed E-state index contributed by atoms with van der Waals surface area (Å²) in [5.41, 5.74) is 1.47. The lowest BCUT2D eigenvalue weighted by Crippen LogP contribution is -2.37. The maximum Gasteiger partial charge on any atom is 0.0468 e. The molecular formula is C16H25NO. The molecule has 1 N–H and O–H groups in total. The third-order valence-corrected chi connectivity index (χ3v) is 3.96. The van der Waals surface area contributed by atoms with E-state index in [1.807, 2.05) is 0 Å². The van der Waals surface area contributed by atoms with Crippen molar-refractivity contribution in [3.05, 3.63) is 35.9 Å². The van der Waals surface area contributed by atoms with Gasteiger partial charge in [-0.15, -0.1) is 0 Å². The average molecular weight is 247 g/mol. The van der Waals surface area contributed by atoms with E-state index >= 15 is 0 Å². The molecule has 2 nitrogen and oxygen atoms in total. The van der Waals surface area contributed by atoms with Gasteiger partial charge in [-0.2, -0.15) is 0 Å². The Hall–Kier alpha value is -0.860. The number of aliphatic hydroxyl groups is 1. The number of piperidine rings is 1. The molecule has 18 heavy (non-hydrogen) atoms. The normalized spacial score (nSPS) is 19.9. The van der Waals surface area contributed by atoms with Gasteiger partial charge >= 0.3 is 0 Å². The molecule has 1 aliphatic rings. The second-order valence-electron chi connectivity index (χ2n) is 5.72. The number of hydrogen-bond acceptors (Lipinski definition) is 2. The zero-order valence-electron chi connectivity index (χ0n) is 11.4. The molecule has 1 aliphatic heterocycles. The van der Waals surface area contributed by atoms with Gasteiger partial charge in [0.05, 0.1) is 0 Å². The second-order valence-corrected chi connectivity index (χ2v) is 5.72. The topological polar surface area (TPSA) is 23.5 Å². The molecule has 2 rings (SSSR count). The monoisotopic (exact) mass is 247 g/mol. The van der Waals surface area contributed by atoms with Gasteiger partial charge in [-0.05, 0) is 49.8 Å². The molecule has 2 heteroatoms. The van der Waals surface area contributed by atoms with Crippen LogP contribution in [0.5, 0.6) is 0 Å². The van der Waals surface area contributed by atoms with Crippen LogP contribution in [0.1, 0.15) is 25.3 Å². The Balaban J connectivity index is 1.73. The Morgan fingerprint density at radius 3 is 2.50 bits per heavy atom. The van der Waals surface area contributed by atoms with Crippen molar-refractivity contribution in [3.8, 4) is 0 Å². The molecule has 1 saturated heterocycles. The summed E-state index contributed by atoms with van der Waals surface area (Å²) in [5.74, 6) is 1.25. The van der Waals surface area contributed by atoms with Crippen molar-refractivity contribution in [1.29, 1.82) is 0 Å². The third-order valence-electron chi connectivity index (χ3n) is 3.96. The van der Waals surface area contributed by atoms with Gasteiger partial charge in [0.1, 0.15) is 0 Å². The molecule has 0 saturated carbocycles. The van der Waals surface area contributed by atoms with Crippen LogP contribution in [-0.4, -0.2) is 36.2 Å². The first kappa shape index (κ1) is 13.6. The van der Waals surface area contributed by atoms with Crippen LogP contribution >= 0.6 is 0 Å². The minimum Gasteiger partial charge on any atom is -0.396 e. The van der Waals surface area contributed by atoms with E-state index in [0.717, 1.165) is 12.5 Å². The summed E-state index contributed by atoms with van der Waals surface area (Å²) in [7, 11) is 0. The molecule has 0 aromatic heterocycles. The van der Waals surface area contributed by atoms with Crippen molar-refractivity contribution in [3.63, 3.8) is 0 Å². The van der Waals surface area contributed by atoms with E-state index in [9.17, 15) is 0 Å². The van der Waals surface area contributed by atoms with Crippen LogP contribution in [0.15, 0.2) is 30.3 Å². The number of rotatable bonds is 5. The second kappa shape index (κ2) is 6.91. The molecule has 0 amide bonds. The first-order chi connectivity index (χ1) is 8.78. The fraction of sp³-hybridized carbons (Fsp3) is 0.625. The Labute approximate surface area is 111 Å². The molecule has 100 valence electrons. The zero-order chi connectivity index (χ0) is 12.8. The van der Waals surface area contributed by atoms with Crippen LogP contribution in [0, 0.1) is 11.8 Å². The van der Waals surface area contributed by atoms with Crippen molar-refractivity contribution in [1.82, 2.24) is 4.90 Å². The first-order valence-electron chi connectivity index (χ1n) is 7.15. The summed E-state index contributed by atoms with van der Waals surface area (Å²) in [5, 5.41) is 9.09. The molecule has 1 heterocycles. The highest BCUT2D eigenvalue weighted by molar-refractivity contribution is 5.15. The van der Waals surface area contributed by atoms with Crippen molar-refractivity contribution in [2.24, 2.45) is 11.8 Å². The van der Waals surface area contributed by atoms with E-state index in [-0.39, 0.29) is 0 Å². The van der Waals surface area contributed by atoms with Crippen LogP contribution in [0.4, 0.5) is 0 Å². The fourth-order valence-electron chi connectivity index (χ4n) is 2.82. The smallest absolute Gasteiger partial charge is 0.0468 e. The van der Waals surface area contributed by atoms with Gasteiger partial charge in [-0.25, -0.2) is 0 Å². The van der Waals surface area contributed by atoms with Crippen LogP contribution in [0.2, 0.25) is 0 Å². The highest BCUT2D eigenvalue weighted by atomic mass is 16.3. The van der Waals surface area contributed by atoms with Crippen LogP contribution in [0.25, 0.3) is 0 Å². The van der Waals surface area contributed by atoms with Gasteiger partial charge < -0.3 is 10.0 Å². The Bertz CT molecular complexity index is 330. The quantitative estimate of drug-likeness (QED) is 0.864. The molecule has 1 aromatic carbocycles. The summed E-state index contributed by atoms with van der Waals surface area (Å²) in [6.45, 7) is 5.87. The lowest BCUT2D eigenvalue weighted by Gasteiger charge is -2.33. The van der Waals surface area contributed by atoms with Crippen molar-refractivity contribution in [2.75, 3.05) is 26.2 Å². The van der Waals surface area contributed by atoms with Crippen molar-refractivity contribution in [2.45, 2.75) is 26.2 Å². The number of aliphatic hydroxyl groups excluding tert-OH is 1. The lowest BCUT2D eigenvalue weighted by atomic mass is 9.90. The Morgan fingerprint density at radius 1 is 1.22 bits per heavy atom. The maximum atomic E-state index is 9.09. The zero-order valence-corrected chi connectivity index (χ0v) is 11.4. The van der Waals surface area contributed by atoms with Gasteiger partial charge in [-0.1, -0.05) is 37.3 Å². The minimum absolute atomic E-state index is 0.309. The van der Waals surface area contributed by atoms with E-state index < -0.39 is 0 Å². The summed E-state index contributed by atoms with van der Waals surface area (Å²) in [4.78, 5) is 2.50. The van der Waals surface area contributed by atoms with Gasteiger partial charge in [-0.3, -0.25) is 0 Å². The predicted octanol–water partition coefficient (Wildman–Crippen LogP) is 2.57. The molecule has 0 aliphatic carbocycles. The van der Waals surface area contributed by atoms with E-state index in [1.165, 1.54) is 37.9 Å². The van der Waals surface area contributed by atoms with Gasteiger partial charge in [0.25, 0.3) is 0 Å². The van der Waals surface area contributed by atoms with E-state index in [1.54, 1.807) is 0 Å². The summed E-state index contributed by atoms with van der Waals surface area (Å²) in [6.07, 6.45) is 3.82. The van der Waals surface area contributed by atoms with E-state index in [0.29, 0.717) is 12.5 Å². The first-order valence-corrected chi connectivity index (χ1v) is 7.15. The molecule has 1 aromatic rings. The summed E-state index contributed by atoms with van der Waals surface area (Å²) < 4.78 is 0. The summed E-state index contributed by atoms with van der Waals surface area (Å²) >= 11 is 0. The maximum absolute atomic E-state index is 9.09. The van der Waals surface area contributed by atoms with Gasteiger partial charge in [0.15, 0.2) is 0 Å². The van der Waals surface area contributed by atoms with Crippen molar-refractivity contribution < 1.29 is 5.11 Å². The standard InChI is InChI=1S/C16H25NO/c1-14(13-18)12-17-9-7-16(8-10-17)11-15-5-3-2-4-6-15/h2-6,14,16,18H,7-13H2,1H3.